The molecular weight excluding hydrogens is 252 g/mol. The highest BCUT2D eigenvalue weighted by atomic mass is 32.2. The van der Waals surface area contributed by atoms with Crippen LogP contribution in [0.25, 0.3) is 0 Å². The van der Waals surface area contributed by atoms with Crippen LogP contribution in [-0.2, 0) is 14.8 Å². The lowest BCUT2D eigenvalue weighted by Gasteiger charge is -2.28. The largest absolute Gasteiger partial charge is 0.377 e. The summed E-state index contributed by atoms with van der Waals surface area (Å²) in [7, 11) is -1.29. The second kappa shape index (κ2) is 6.32. The molecule has 0 aromatic rings. The molecular formula is C12H24N2O3S. The van der Waals surface area contributed by atoms with Gasteiger partial charge < -0.3 is 10.1 Å². The molecule has 18 heavy (non-hydrogen) atoms. The summed E-state index contributed by atoms with van der Waals surface area (Å²) in [5.74, 6) is 0.160. The van der Waals surface area contributed by atoms with Crippen molar-refractivity contribution < 1.29 is 13.2 Å². The Kier molecular flexibility index (Phi) is 5.00. The minimum Gasteiger partial charge on any atom is -0.377 e. The van der Waals surface area contributed by atoms with E-state index in [4.69, 9.17) is 4.74 Å². The van der Waals surface area contributed by atoms with Gasteiger partial charge in [0.25, 0.3) is 0 Å². The maximum absolute atomic E-state index is 12.4. The van der Waals surface area contributed by atoms with Crippen LogP contribution in [0.3, 0.4) is 0 Å². The highest BCUT2D eigenvalue weighted by molar-refractivity contribution is 7.89. The molecule has 2 aliphatic rings. The molecule has 0 saturated carbocycles. The molecule has 0 bridgehead atoms. The van der Waals surface area contributed by atoms with Crippen molar-refractivity contribution in [3.05, 3.63) is 0 Å². The van der Waals surface area contributed by atoms with Gasteiger partial charge in [-0.2, -0.15) is 4.31 Å². The minimum atomic E-state index is -3.16. The fourth-order valence-corrected chi connectivity index (χ4v) is 4.85. The molecule has 2 aliphatic heterocycles. The van der Waals surface area contributed by atoms with Gasteiger partial charge >= 0.3 is 0 Å². The number of nitrogens with zero attached hydrogens (tertiary/aromatic N) is 1. The number of hydrogen-bond donors (Lipinski definition) is 1. The Morgan fingerprint density at radius 3 is 2.78 bits per heavy atom. The molecule has 106 valence electrons. The molecule has 2 saturated heterocycles. The SMILES string of the molecule is CNCC1CCCN1S(=O)(=O)CC1CCCCO1. The molecule has 0 aromatic heterocycles. The Bertz CT molecular complexity index is 352. The maximum Gasteiger partial charge on any atom is 0.216 e. The molecule has 2 heterocycles. The molecule has 0 spiro atoms. The van der Waals surface area contributed by atoms with Crippen molar-refractivity contribution in [2.75, 3.05) is 32.5 Å². The van der Waals surface area contributed by atoms with E-state index in [9.17, 15) is 8.42 Å². The van der Waals surface area contributed by atoms with Gasteiger partial charge in [0.1, 0.15) is 0 Å². The molecule has 1 N–H and O–H groups in total. The van der Waals surface area contributed by atoms with Crippen LogP contribution in [0.1, 0.15) is 32.1 Å². The summed E-state index contributed by atoms with van der Waals surface area (Å²) in [6, 6.07) is 0.128. The van der Waals surface area contributed by atoms with E-state index in [1.54, 1.807) is 4.31 Å². The monoisotopic (exact) mass is 276 g/mol. The predicted molar refractivity (Wildman–Crippen MR) is 71.0 cm³/mol. The van der Waals surface area contributed by atoms with E-state index in [1.807, 2.05) is 7.05 Å². The first-order valence-corrected chi connectivity index (χ1v) is 8.50. The van der Waals surface area contributed by atoms with E-state index in [0.717, 1.165) is 38.6 Å². The number of nitrogens with one attached hydrogen (secondary N) is 1. The van der Waals surface area contributed by atoms with E-state index >= 15 is 0 Å². The lowest BCUT2D eigenvalue weighted by atomic mass is 10.1. The predicted octanol–water partition coefficient (Wildman–Crippen LogP) is 0.569. The molecule has 5 nitrogen and oxygen atoms in total. The minimum absolute atomic E-state index is 0.0976. The third-order valence-electron chi connectivity index (χ3n) is 3.79. The van der Waals surface area contributed by atoms with Crippen molar-refractivity contribution in [3.8, 4) is 0 Å². The van der Waals surface area contributed by atoms with Crippen LogP contribution in [-0.4, -0.2) is 57.4 Å². The van der Waals surface area contributed by atoms with Crippen LogP contribution >= 0.6 is 0 Å². The number of ether oxygens (including phenoxy) is 1. The summed E-state index contributed by atoms with van der Waals surface area (Å²) in [4.78, 5) is 0. The smallest absolute Gasteiger partial charge is 0.216 e. The number of likely N-dealkylation sites (N-methyl/N-ethyl adjacent to an activating group) is 1. The highest BCUT2D eigenvalue weighted by Crippen LogP contribution is 2.23. The average molecular weight is 276 g/mol. The lowest BCUT2D eigenvalue weighted by Crippen LogP contribution is -2.44. The fraction of sp³-hybridized carbons (Fsp3) is 1.00. The molecule has 2 fully saturated rings. The third-order valence-corrected chi connectivity index (χ3v) is 5.78. The first-order valence-electron chi connectivity index (χ1n) is 6.89. The summed E-state index contributed by atoms with van der Waals surface area (Å²) < 4.78 is 32.0. The fourth-order valence-electron chi connectivity index (χ4n) is 2.88. The Balaban J connectivity index is 1.96. The normalized spacial score (nSPS) is 30.7. The van der Waals surface area contributed by atoms with Crippen LogP contribution in [0, 0.1) is 0 Å². The van der Waals surface area contributed by atoms with Gasteiger partial charge in [-0.25, -0.2) is 8.42 Å². The van der Waals surface area contributed by atoms with Gasteiger partial charge in [0, 0.05) is 25.7 Å². The zero-order valence-corrected chi connectivity index (χ0v) is 11.9. The van der Waals surface area contributed by atoms with Crippen molar-refractivity contribution in [2.24, 2.45) is 0 Å². The van der Waals surface area contributed by atoms with Crippen LogP contribution in [0.4, 0.5) is 0 Å². The maximum atomic E-state index is 12.4. The Morgan fingerprint density at radius 1 is 1.28 bits per heavy atom. The van der Waals surface area contributed by atoms with Gasteiger partial charge in [0.05, 0.1) is 11.9 Å². The second-order valence-electron chi connectivity index (χ2n) is 5.23. The van der Waals surface area contributed by atoms with Crippen LogP contribution in [0.2, 0.25) is 0 Å². The third kappa shape index (κ3) is 3.44. The molecule has 6 heteroatoms. The Labute approximate surface area is 110 Å². The summed E-state index contributed by atoms with van der Waals surface area (Å²) >= 11 is 0. The van der Waals surface area contributed by atoms with Gasteiger partial charge in [-0.05, 0) is 39.2 Å². The van der Waals surface area contributed by atoms with E-state index in [1.165, 1.54) is 0 Å². The standard InChI is InChI=1S/C12H24N2O3S/c1-13-9-11-5-4-7-14(11)18(15,16)10-12-6-2-3-8-17-12/h11-13H,2-10H2,1H3. The van der Waals surface area contributed by atoms with Crippen LogP contribution in [0.5, 0.6) is 0 Å². The van der Waals surface area contributed by atoms with Crippen molar-refractivity contribution in [3.63, 3.8) is 0 Å². The van der Waals surface area contributed by atoms with E-state index in [0.29, 0.717) is 13.2 Å². The molecule has 0 amide bonds. The zero-order valence-electron chi connectivity index (χ0n) is 11.1. The number of sulfonamides is 1. The van der Waals surface area contributed by atoms with Crippen LogP contribution in [0.15, 0.2) is 0 Å². The molecule has 0 aromatic carbocycles. The molecule has 0 radical (unpaired) electrons. The van der Waals surface area contributed by atoms with Crippen LogP contribution < -0.4 is 5.32 Å². The number of rotatable bonds is 5. The summed E-state index contributed by atoms with van der Waals surface area (Å²) in [6.07, 6.45) is 4.86. The average Bonchev–Trinajstić information content (AvgIpc) is 2.79. The first-order chi connectivity index (χ1) is 8.63. The molecule has 2 rings (SSSR count). The Morgan fingerprint density at radius 2 is 2.11 bits per heavy atom. The highest BCUT2D eigenvalue weighted by Gasteiger charge is 2.35. The number of hydrogen-bond acceptors (Lipinski definition) is 4. The van der Waals surface area contributed by atoms with E-state index < -0.39 is 10.0 Å². The topological polar surface area (TPSA) is 58.6 Å². The summed E-state index contributed by atoms with van der Waals surface area (Å²) in [5.41, 5.74) is 0. The van der Waals surface area contributed by atoms with Gasteiger partial charge in [-0.3, -0.25) is 0 Å². The zero-order chi connectivity index (χ0) is 13.0. The second-order valence-corrected chi connectivity index (χ2v) is 7.20. The van der Waals surface area contributed by atoms with Gasteiger partial charge in [0.15, 0.2) is 0 Å². The first kappa shape index (κ1) is 14.2. The van der Waals surface area contributed by atoms with E-state index in [2.05, 4.69) is 5.32 Å². The molecule has 2 unspecified atom stereocenters. The molecule has 0 aliphatic carbocycles. The van der Waals surface area contributed by atoms with Gasteiger partial charge in [-0.15, -0.1) is 0 Å². The van der Waals surface area contributed by atoms with Gasteiger partial charge in [0.2, 0.25) is 10.0 Å². The van der Waals surface area contributed by atoms with Crippen molar-refractivity contribution in [1.29, 1.82) is 0 Å². The molecule has 2 atom stereocenters. The quantitative estimate of drug-likeness (QED) is 0.797. The van der Waals surface area contributed by atoms with Crippen molar-refractivity contribution in [1.82, 2.24) is 9.62 Å². The summed E-state index contributed by atoms with van der Waals surface area (Å²) in [5, 5.41) is 3.08. The van der Waals surface area contributed by atoms with E-state index in [-0.39, 0.29) is 17.9 Å². The van der Waals surface area contributed by atoms with Crippen molar-refractivity contribution >= 4 is 10.0 Å². The van der Waals surface area contributed by atoms with Gasteiger partial charge in [-0.1, -0.05) is 0 Å². The lowest BCUT2D eigenvalue weighted by molar-refractivity contribution is 0.0298. The summed E-state index contributed by atoms with van der Waals surface area (Å²) in [6.45, 7) is 2.12. The Hall–Kier alpha value is -0.170. The van der Waals surface area contributed by atoms with Crippen molar-refractivity contribution in [2.45, 2.75) is 44.2 Å².